The number of methoxy groups -OCH3 is 1. The number of benzene rings is 2. The van der Waals surface area contributed by atoms with Crippen LogP contribution in [0.3, 0.4) is 0 Å². The van der Waals surface area contributed by atoms with E-state index in [4.69, 9.17) is 21.1 Å². The van der Waals surface area contributed by atoms with Gasteiger partial charge in [-0.05, 0) is 61.6 Å². The molecule has 1 heterocycles. The van der Waals surface area contributed by atoms with Crippen molar-refractivity contribution in [1.29, 1.82) is 0 Å². The third kappa shape index (κ3) is 7.88. The lowest BCUT2D eigenvalue weighted by molar-refractivity contribution is -0.122. The highest BCUT2D eigenvalue weighted by Crippen LogP contribution is 2.24. The van der Waals surface area contributed by atoms with Gasteiger partial charge in [-0.15, -0.1) is 0 Å². The molecule has 36 heavy (non-hydrogen) atoms. The van der Waals surface area contributed by atoms with Crippen molar-refractivity contribution >= 4 is 29.3 Å². The molecule has 9 heteroatoms. The first kappa shape index (κ1) is 27.3. The van der Waals surface area contributed by atoms with Gasteiger partial charge in [0.2, 0.25) is 5.91 Å². The lowest BCUT2D eigenvalue weighted by Crippen LogP contribution is -2.46. The minimum absolute atomic E-state index is 0.0802. The minimum Gasteiger partial charge on any atom is -0.497 e. The van der Waals surface area contributed by atoms with Crippen LogP contribution in [0.5, 0.6) is 11.5 Å². The number of nitrogens with one attached hydrogen (secondary N) is 2. The van der Waals surface area contributed by atoms with Crippen LogP contribution >= 0.6 is 11.6 Å². The van der Waals surface area contributed by atoms with Gasteiger partial charge in [-0.25, -0.2) is 0 Å². The Morgan fingerprint density at radius 1 is 1.19 bits per heavy atom. The monoisotopic (exact) mass is 515 g/mol. The van der Waals surface area contributed by atoms with Gasteiger partial charge in [0.15, 0.2) is 0 Å². The zero-order chi connectivity index (χ0) is 26.1. The zero-order valence-corrected chi connectivity index (χ0v) is 21.8. The van der Waals surface area contributed by atoms with Crippen molar-refractivity contribution < 1.29 is 23.9 Å². The Morgan fingerprint density at radius 2 is 2.00 bits per heavy atom. The smallest absolute Gasteiger partial charge is 0.255 e. The second-order valence-electron chi connectivity index (χ2n) is 9.27. The largest absolute Gasteiger partial charge is 0.497 e. The summed E-state index contributed by atoms with van der Waals surface area (Å²) in [6.45, 7) is 4.99. The lowest BCUT2D eigenvalue weighted by Gasteiger charge is -2.25. The van der Waals surface area contributed by atoms with Gasteiger partial charge >= 0.3 is 0 Å². The summed E-state index contributed by atoms with van der Waals surface area (Å²) in [5.41, 5.74) is 0.796. The van der Waals surface area contributed by atoms with Gasteiger partial charge in [-0.3, -0.25) is 14.4 Å². The zero-order valence-electron chi connectivity index (χ0n) is 21.0. The number of hydrogen-bond acceptors (Lipinski definition) is 5. The summed E-state index contributed by atoms with van der Waals surface area (Å²) in [6.07, 6.45) is 1.91. The molecule has 2 aromatic carbocycles. The highest BCUT2D eigenvalue weighted by Gasteiger charge is 2.23. The van der Waals surface area contributed by atoms with Crippen LogP contribution in [-0.2, 0) is 4.79 Å². The fraction of sp³-hybridized carbons (Fsp3) is 0.444. The van der Waals surface area contributed by atoms with Gasteiger partial charge in [0, 0.05) is 23.7 Å². The first-order valence-electron chi connectivity index (χ1n) is 12.2. The van der Waals surface area contributed by atoms with Crippen molar-refractivity contribution in [1.82, 2.24) is 15.5 Å². The van der Waals surface area contributed by atoms with Crippen molar-refractivity contribution in [2.75, 3.05) is 33.4 Å². The number of hydrogen-bond donors (Lipinski definition) is 2. The average Bonchev–Trinajstić information content (AvgIpc) is 2.85. The molecule has 194 valence electrons. The second kappa shape index (κ2) is 13.2. The second-order valence-corrected chi connectivity index (χ2v) is 9.70. The molecule has 0 unspecified atom stereocenters. The van der Waals surface area contributed by atoms with Crippen LogP contribution in [0.15, 0.2) is 42.5 Å². The first-order valence-corrected chi connectivity index (χ1v) is 12.6. The summed E-state index contributed by atoms with van der Waals surface area (Å²) in [7, 11) is 1.54. The summed E-state index contributed by atoms with van der Waals surface area (Å²) in [6, 6.07) is 11.5. The highest BCUT2D eigenvalue weighted by atomic mass is 35.5. The summed E-state index contributed by atoms with van der Waals surface area (Å²) in [5.74, 6) is 0.474. The molecule has 1 aliphatic rings. The number of rotatable bonds is 4. The molecule has 3 amide bonds. The Bertz CT molecular complexity index is 1080. The van der Waals surface area contributed by atoms with E-state index in [2.05, 4.69) is 24.5 Å². The third-order valence-electron chi connectivity index (χ3n) is 5.83. The van der Waals surface area contributed by atoms with Gasteiger partial charge in [0.05, 0.1) is 25.3 Å². The SMILES string of the molecule is COc1cccc(C(=O)N2CCCCNC(=O)c3cc(Cl)ccc3OC[C@@H](CC(C)C)NC(=O)C2)c1. The predicted octanol–water partition coefficient (Wildman–Crippen LogP) is 3.92. The van der Waals surface area contributed by atoms with Crippen molar-refractivity contribution in [2.45, 2.75) is 39.2 Å². The molecule has 0 saturated heterocycles. The molecule has 0 saturated carbocycles. The topological polar surface area (TPSA) is 97.0 Å². The predicted molar refractivity (Wildman–Crippen MR) is 139 cm³/mol. The Hall–Kier alpha value is -3.26. The van der Waals surface area contributed by atoms with E-state index in [1.807, 2.05) is 0 Å². The van der Waals surface area contributed by atoms with E-state index in [9.17, 15) is 14.4 Å². The van der Waals surface area contributed by atoms with E-state index in [1.54, 1.807) is 49.6 Å². The number of halogens is 1. The standard InChI is InChI=1S/C27H34ClN3O5/c1-18(2)13-21-17-36-24-10-9-20(28)15-23(24)26(33)29-11-4-5-12-31(16-25(32)30-21)27(34)19-7-6-8-22(14-19)35-3/h6-10,14-15,18,21H,4-5,11-13,16-17H2,1-3H3,(H,29,33)(H,30,32)/t21-/m1/s1. The lowest BCUT2D eigenvalue weighted by atomic mass is 10.0. The molecule has 0 fully saturated rings. The van der Waals surface area contributed by atoms with E-state index >= 15 is 0 Å². The molecule has 1 aliphatic heterocycles. The van der Waals surface area contributed by atoms with E-state index < -0.39 is 0 Å². The summed E-state index contributed by atoms with van der Waals surface area (Å²) in [4.78, 5) is 40.7. The van der Waals surface area contributed by atoms with Crippen molar-refractivity contribution in [3.8, 4) is 11.5 Å². The number of amides is 3. The van der Waals surface area contributed by atoms with E-state index in [-0.39, 0.29) is 36.9 Å². The van der Waals surface area contributed by atoms with Gasteiger partial charge in [0.25, 0.3) is 11.8 Å². The van der Waals surface area contributed by atoms with Gasteiger partial charge in [-0.1, -0.05) is 31.5 Å². The average molecular weight is 516 g/mol. The van der Waals surface area contributed by atoms with Gasteiger partial charge in [0.1, 0.15) is 18.1 Å². The maximum absolute atomic E-state index is 13.3. The molecule has 8 nitrogen and oxygen atoms in total. The molecule has 1 atom stereocenters. The van der Waals surface area contributed by atoms with Crippen LogP contribution in [0.25, 0.3) is 0 Å². The van der Waals surface area contributed by atoms with Crippen molar-refractivity contribution in [2.24, 2.45) is 5.92 Å². The molecular formula is C27H34ClN3O5. The molecule has 0 radical (unpaired) electrons. The Kier molecular flexibility index (Phi) is 9.99. The number of nitrogens with zero attached hydrogens (tertiary/aromatic N) is 1. The highest BCUT2D eigenvalue weighted by molar-refractivity contribution is 6.31. The van der Waals surface area contributed by atoms with Crippen LogP contribution in [0.1, 0.15) is 53.8 Å². The number of carbonyl (C=O) groups is 3. The van der Waals surface area contributed by atoms with E-state index in [1.165, 1.54) is 4.90 Å². The van der Waals surface area contributed by atoms with Crippen LogP contribution in [-0.4, -0.2) is 62.0 Å². The quantitative estimate of drug-likeness (QED) is 0.643. The van der Waals surface area contributed by atoms with Crippen LogP contribution < -0.4 is 20.1 Å². The fourth-order valence-electron chi connectivity index (χ4n) is 4.10. The molecule has 0 aliphatic carbocycles. The summed E-state index contributed by atoms with van der Waals surface area (Å²) < 4.78 is 11.2. The van der Waals surface area contributed by atoms with Crippen molar-refractivity contribution in [3.05, 3.63) is 58.6 Å². The Morgan fingerprint density at radius 3 is 2.75 bits per heavy atom. The summed E-state index contributed by atoms with van der Waals surface area (Å²) >= 11 is 6.13. The van der Waals surface area contributed by atoms with Gasteiger partial charge in [-0.2, -0.15) is 0 Å². The molecule has 2 aromatic rings. The third-order valence-corrected chi connectivity index (χ3v) is 6.06. The molecule has 3 rings (SSSR count). The number of ether oxygens (including phenoxy) is 2. The normalized spacial score (nSPS) is 17.7. The number of carbonyl (C=O) groups excluding carboxylic acids is 3. The van der Waals surface area contributed by atoms with Crippen LogP contribution in [0.2, 0.25) is 5.02 Å². The van der Waals surface area contributed by atoms with Crippen molar-refractivity contribution in [3.63, 3.8) is 0 Å². The summed E-state index contributed by atoms with van der Waals surface area (Å²) in [5, 5.41) is 6.35. The Balaban J connectivity index is 1.83. The minimum atomic E-state index is -0.303. The molecule has 0 aromatic heterocycles. The number of fused-ring (bicyclic) bond motifs is 1. The first-order chi connectivity index (χ1) is 17.3. The molecule has 2 N–H and O–H groups in total. The maximum atomic E-state index is 13.3. The van der Waals surface area contributed by atoms with Crippen LogP contribution in [0, 0.1) is 5.92 Å². The molecule has 0 spiro atoms. The molecule has 0 bridgehead atoms. The molecular weight excluding hydrogens is 482 g/mol. The van der Waals surface area contributed by atoms with E-state index in [0.717, 1.165) is 0 Å². The van der Waals surface area contributed by atoms with Gasteiger partial charge < -0.3 is 25.0 Å². The fourth-order valence-corrected chi connectivity index (χ4v) is 4.27. The van der Waals surface area contributed by atoms with E-state index in [0.29, 0.717) is 65.9 Å². The van der Waals surface area contributed by atoms with Crippen LogP contribution in [0.4, 0.5) is 0 Å². The Labute approximate surface area is 217 Å². The maximum Gasteiger partial charge on any atom is 0.255 e.